The number of rotatable bonds is 1. The maximum absolute atomic E-state index is 5.99. The molecule has 2 aromatic heterocycles. The van der Waals surface area contributed by atoms with E-state index in [1.165, 1.54) is 0 Å². The van der Waals surface area contributed by atoms with Crippen LogP contribution in [0.15, 0.2) is 36.7 Å². The van der Waals surface area contributed by atoms with Gasteiger partial charge in [-0.1, -0.05) is 0 Å². The lowest BCUT2D eigenvalue weighted by atomic mass is 10.1. The smallest absolute Gasteiger partial charge is 0.0744 e. The summed E-state index contributed by atoms with van der Waals surface area (Å²) in [7, 11) is 0. The van der Waals surface area contributed by atoms with Crippen LogP contribution in [0.25, 0.3) is 16.5 Å². The molecule has 4 heteroatoms. The minimum Gasteiger partial charge on any atom is -0.398 e. The van der Waals surface area contributed by atoms with E-state index in [0.717, 1.165) is 33.5 Å². The molecule has 90 valence electrons. The highest BCUT2D eigenvalue weighted by atomic mass is 15.3. The molecule has 0 saturated heterocycles. The number of hydrogen-bond acceptors (Lipinski definition) is 3. The maximum Gasteiger partial charge on any atom is 0.0744 e. The molecule has 0 radical (unpaired) electrons. The molecular formula is C14H14N4. The molecule has 0 atom stereocenters. The monoisotopic (exact) mass is 238 g/mol. The Bertz CT molecular complexity index is 728. The van der Waals surface area contributed by atoms with Crippen LogP contribution in [0.2, 0.25) is 0 Å². The summed E-state index contributed by atoms with van der Waals surface area (Å²) in [5.74, 6) is 0. The van der Waals surface area contributed by atoms with Crippen LogP contribution in [-0.4, -0.2) is 14.8 Å². The van der Waals surface area contributed by atoms with Gasteiger partial charge >= 0.3 is 0 Å². The van der Waals surface area contributed by atoms with Crippen molar-refractivity contribution >= 4 is 16.5 Å². The molecule has 0 aliphatic rings. The van der Waals surface area contributed by atoms with Crippen LogP contribution < -0.4 is 5.73 Å². The van der Waals surface area contributed by atoms with Crippen LogP contribution in [0.3, 0.4) is 0 Å². The van der Waals surface area contributed by atoms with Gasteiger partial charge in [0.2, 0.25) is 0 Å². The molecule has 0 amide bonds. The van der Waals surface area contributed by atoms with E-state index in [1.807, 2.05) is 42.9 Å². The summed E-state index contributed by atoms with van der Waals surface area (Å²) in [6.07, 6.45) is 3.58. The number of pyridine rings is 1. The van der Waals surface area contributed by atoms with Crippen LogP contribution in [0.5, 0.6) is 0 Å². The van der Waals surface area contributed by atoms with E-state index in [4.69, 9.17) is 5.73 Å². The number of nitrogens with two attached hydrogens (primary N) is 1. The van der Waals surface area contributed by atoms with Gasteiger partial charge in [0.25, 0.3) is 0 Å². The van der Waals surface area contributed by atoms with Crippen molar-refractivity contribution in [3.8, 4) is 5.69 Å². The number of aryl methyl sites for hydroxylation is 2. The standard InChI is InChI=1S/C14H14N4/c1-9-7-10(2)18(17-9)14-4-3-13(15)11-5-6-16-8-12(11)14/h3-8H,15H2,1-2H3. The van der Waals surface area contributed by atoms with Crippen molar-refractivity contribution in [2.24, 2.45) is 0 Å². The highest BCUT2D eigenvalue weighted by molar-refractivity contribution is 5.97. The molecule has 0 spiro atoms. The van der Waals surface area contributed by atoms with Crippen LogP contribution in [0.4, 0.5) is 5.69 Å². The van der Waals surface area contributed by atoms with E-state index >= 15 is 0 Å². The Morgan fingerprint density at radius 2 is 1.94 bits per heavy atom. The van der Waals surface area contributed by atoms with Crippen molar-refractivity contribution < 1.29 is 0 Å². The fraction of sp³-hybridized carbons (Fsp3) is 0.143. The number of aromatic nitrogens is 3. The third kappa shape index (κ3) is 1.54. The first-order valence-corrected chi connectivity index (χ1v) is 5.82. The zero-order chi connectivity index (χ0) is 12.7. The first-order valence-electron chi connectivity index (χ1n) is 5.82. The summed E-state index contributed by atoms with van der Waals surface area (Å²) in [4.78, 5) is 4.18. The molecular weight excluding hydrogens is 224 g/mol. The summed E-state index contributed by atoms with van der Waals surface area (Å²) in [6.45, 7) is 4.03. The number of hydrogen-bond donors (Lipinski definition) is 1. The molecule has 3 rings (SSSR count). The van der Waals surface area contributed by atoms with Gasteiger partial charge in [0.05, 0.1) is 11.4 Å². The predicted octanol–water partition coefficient (Wildman–Crippen LogP) is 2.62. The lowest BCUT2D eigenvalue weighted by Gasteiger charge is -2.09. The highest BCUT2D eigenvalue weighted by Crippen LogP contribution is 2.26. The number of nitrogen functional groups attached to an aromatic ring is 1. The lowest BCUT2D eigenvalue weighted by Crippen LogP contribution is -2.01. The van der Waals surface area contributed by atoms with Gasteiger partial charge in [-0.3, -0.25) is 4.98 Å². The largest absolute Gasteiger partial charge is 0.398 e. The van der Waals surface area contributed by atoms with E-state index in [9.17, 15) is 0 Å². The average molecular weight is 238 g/mol. The Labute approximate surface area is 105 Å². The van der Waals surface area contributed by atoms with Gasteiger partial charge in [-0.2, -0.15) is 5.10 Å². The van der Waals surface area contributed by atoms with Crippen LogP contribution >= 0.6 is 0 Å². The van der Waals surface area contributed by atoms with Crippen molar-refractivity contribution in [1.82, 2.24) is 14.8 Å². The zero-order valence-corrected chi connectivity index (χ0v) is 10.4. The fourth-order valence-corrected chi connectivity index (χ4v) is 2.26. The Hall–Kier alpha value is -2.36. The molecule has 0 aliphatic carbocycles. The Kier molecular flexibility index (Phi) is 2.30. The second-order valence-corrected chi connectivity index (χ2v) is 4.43. The Balaban J connectivity index is 2.37. The molecule has 1 aromatic carbocycles. The van der Waals surface area contributed by atoms with E-state index in [2.05, 4.69) is 16.1 Å². The third-order valence-electron chi connectivity index (χ3n) is 3.07. The van der Waals surface area contributed by atoms with Crippen molar-refractivity contribution in [2.75, 3.05) is 5.73 Å². The van der Waals surface area contributed by atoms with E-state index < -0.39 is 0 Å². The van der Waals surface area contributed by atoms with Crippen molar-refractivity contribution in [3.63, 3.8) is 0 Å². The van der Waals surface area contributed by atoms with Crippen LogP contribution in [0.1, 0.15) is 11.4 Å². The lowest BCUT2D eigenvalue weighted by molar-refractivity contribution is 0.839. The summed E-state index contributed by atoms with van der Waals surface area (Å²) in [6, 6.07) is 7.88. The number of fused-ring (bicyclic) bond motifs is 1. The minimum absolute atomic E-state index is 0.762. The van der Waals surface area contributed by atoms with Gasteiger partial charge in [0, 0.05) is 34.5 Å². The predicted molar refractivity (Wildman–Crippen MR) is 72.8 cm³/mol. The second kappa shape index (κ2) is 3.84. The first kappa shape index (κ1) is 10.8. The van der Waals surface area contributed by atoms with E-state index in [1.54, 1.807) is 6.20 Å². The highest BCUT2D eigenvalue weighted by Gasteiger charge is 2.09. The van der Waals surface area contributed by atoms with Crippen LogP contribution in [-0.2, 0) is 0 Å². The summed E-state index contributed by atoms with van der Waals surface area (Å²) < 4.78 is 1.93. The molecule has 2 N–H and O–H groups in total. The minimum atomic E-state index is 0.762. The molecule has 0 fully saturated rings. The molecule has 3 aromatic rings. The maximum atomic E-state index is 5.99. The van der Waals surface area contributed by atoms with E-state index in [0.29, 0.717) is 0 Å². The Morgan fingerprint density at radius 1 is 1.11 bits per heavy atom. The molecule has 0 saturated carbocycles. The summed E-state index contributed by atoms with van der Waals surface area (Å²) >= 11 is 0. The Morgan fingerprint density at radius 3 is 2.67 bits per heavy atom. The van der Waals surface area contributed by atoms with Gasteiger partial charge < -0.3 is 5.73 Å². The van der Waals surface area contributed by atoms with Crippen LogP contribution in [0, 0.1) is 13.8 Å². The number of nitrogens with zero attached hydrogens (tertiary/aromatic N) is 3. The van der Waals surface area contributed by atoms with Crippen molar-refractivity contribution in [3.05, 3.63) is 48.0 Å². The summed E-state index contributed by atoms with van der Waals surface area (Å²) in [5.41, 5.74) is 9.86. The average Bonchev–Trinajstić information content (AvgIpc) is 2.69. The third-order valence-corrected chi connectivity index (χ3v) is 3.07. The van der Waals surface area contributed by atoms with Gasteiger partial charge in [-0.05, 0) is 38.1 Å². The quantitative estimate of drug-likeness (QED) is 0.663. The molecule has 4 nitrogen and oxygen atoms in total. The van der Waals surface area contributed by atoms with E-state index in [-0.39, 0.29) is 0 Å². The molecule has 18 heavy (non-hydrogen) atoms. The topological polar surface area (TPSA) is 56.7 Å². The van der Waals surface area contributed by atoms with Gasteiger partial charge in [-0.15, -0.1) is 0 Å². The zero-order valence-electron chi connectivity index (χ0n) is 10.4. The SMILES string of the molecule is Cc1cc(C)n(-c2ccc(N)c3ccncc23)n1. The van der Waals surface area contributed by atoms with Crippen molar-refractivity contribution in [2.45, 2.75) is 13.8 Å². The van der Waals surface area contributed by atoms with Gasteiger partial charge in [-0.25, -0.2) is 4.68 Å². The summed E-state index contributed by atoms with van der Waals surface area (Å²) in [5, 5.41) is 6.53. The van der Waals surface area contributed by atoms with Gasteiger partial charge in [0.15, 0.2) is 0 Å². The molecule has 2 heterocycles. The number of benzene rings is 1. The molecule has 0 aliphatic heterocycles. The molecule has 0 bridgehead atoms. The van der Waals surface area contributed by atoms with Crippen molar-refractivity contribution in [1.29, 1.82) is 0 Å². The fourth-order valence-electron chi connectivity index (χ4n) is 2.26. The van der Waals surface area contributed by atoms with Gasteiger partial charge in [0.1, 0.15) is 0 Å². The first-order chi connectivity index (χ1) is 8.66. The number of anilines is 1. The molecule has 0 unspecified atom stereocenters. The second-order valence-electron chi connectivity index (χ2n) is 4.43. The normalized spacial score (nSPS) is 11.0.